The lowest BCUT2D eigenvalue weighted by molar-refractivity contribution is 0.169. The Hall–Kier alpha value is -3.16. The highest BCUT2D eigenvalue weighted by Gasteiger charge is 2.32. The van der Waals surface area contributed by atoms with Crippen molar-refractivity contribution in [1.82, 2.24) is 9.97 Å². The highest BCUT2D eigenvalue weighted by atomic mass is 32.1. The molecule has 0 fully saturated rings. The molecule has 0 spiro atoms. The molecule has 0 unspecified atom stereocenters. The van der Waals surface area contributed by atoms with Crippen molar-refractivity contribution in [3.63, 3.8) is 0 Å². The summed E-state index contributed by atoms with van der Waals surface area (Å²) in [6, 6.07) is 14.0. The fraction of sp³-hybridized carbons (Fsp3) is 0.250. The maximum atomic E-state index is 11.1. The van der Waals surface area contributed by atoms with Gasteiger partial charge >= 0.3 is 0 Å². The monoisotopic (exact) mass is 433 g/mol. The molecular weight excluding hydrogens is 410 g/mol. The van der Waals surface area contributed by atoms with Gasteiger partial charge in [0.05, 0.1) is 26.2 Å². The Morgan fingerprint density at radius 3 is 2.52 bits per heavy atom. The van der Waals surface area contributed by atoms with E-state index in [2.05, 4.69) is 27.4 Å². The number of hydrogen-bond donors (Lipinski definition) is 1. The Labute approximate surface area is 184 Å². The second-order valence-electron chi connectivity index (χ2n) is 7.55. The molecule has 1 aliphatic heterocycles. The predicted octanol–water partition coefficient (Wildman–Crippen LogP) is 4.74. The van der Waals surface area contributed by atoms with E-state index in [9.17, 15) is 5.11 Å². The molecule has 0 radical (unpaired) electrons. The molecule has 0 bridgehead atoms. The summed E-state index contributed by atoms with van der Waals surface area (Å²) in [5.74, 6) is 2.95. The lowest BCUT2D eigenvalue weighted by Gasteiger charge is -2.35. The highest BCUT2D eigenvalue weighted by Crippen LogP contribution is 2.44. The van der Waals surface area contributed by atoms with Crippen LogP contribution in [-0.2, 0) is 6.54 Å². The molecule has 0 amide bonds. The zero-order valence-electron chi connectivity index (χ0n) is 17.6. The number of β-amino-alcohol motifs (C(OH)–C–C–N with tert-alkyl or cyclic N) is 1. The third-order valence-electron chi connectivity index (χ3n) is 5.70. The van der Waals surface area contributed by atoms with Crippen LogP contribution >= 0.6 is 11.3 Å². The number of anilines is 1. The summed E-state index contributed by atoms with van der Waals surface area (Å²) in [6.45, 7) is 2.87. The van der Waals surface area contributed by atoms with Crippen LogP contribution in [0.25, 0.3) is 21.3 Å². The number of ether oxygens (including phenoxy) is 2. The largest absolute Gasteiger partial charge is 0.496 e. The van der Waals surface area contributed by atoms with E-state index in [1.807, 2.05) is 37.3 Å². The standard InChI is InChI=1S/C24H23N3O3S/c1-14-25-23(22-17(13-31-24(22)26-14)15-7-5-4-6-8-15)27-11-16-19(29-2)9-10-20(30-3)21(16)18(28)12-27/h4-10,13,18,28H,11-12H2,1-3H3/t18-/m0/s1. The first kappa shape index (κ1) is 19.8. The van der Waals surface area contributed by atoms with Gasteiger partial charge in [-0.15, -0.1) is 11.3 Å². The van der Waals surface area contributed by atoms with Gasteiger partial charge in [0.25, 0.3) is 0 Å². The van der Waals surface area contributed by atoms with Crippen molar-refractivity contribution in [2.24, 2.45) is 0 Å². The van der Waals surface area contributed by atoms with Gasteiger partial charge in [0.1, 0.15) is 34.1 Å². The van der Waals surface area contributed by atoms with Crippen LogP contribution in [0.3, 0.4) is 0 Å². The quantitative estimate of drug-likeness (QED) is 0.502. The molecular formula is C24H23N3O3S. The number of aryl methyl sites for hydroxylation is 1. The Kier molecular flexibility index (Phi) is 5.00. The number of aliphatic hydroxyl groups excluding tert-OH is 1. The first-order valence-corrected chi connectivity index (χ1v) is 11.0. The van der Waals surface area contributed by atoms with Gasteiger partial charge < -0.3 is 19.5 Å². The molecule has 1 atom stereocenters. The van der Waals surface area contributed by atoms with Crippen LogP contribution in [-0.4, -0.2) is 35.8 Å². The summed E-state index contributed by atoms with van der Waals surface area (Å²) >= 11 is 1.62. The number of benzene rings is 2. The molecule has 31 heavy (non-hydrogen) atoms. The van der Waals surface area contributed by atoms with Crippen molar-refractivity contribution in [3.8, 4) is 22.6 Å². The fourth-order valence-corrected chi connectivity index (χ4v) is 5.31. The Morgan fingerprint density at radius 1 is 1.03 bits per heavy atom. The van der Waals surface area contributed by atoms with Crippen LogP contribution in [0.1, 0.15) is 23.1 Å². The first-order valence-electron chi connectivity index (χ1n) is 10.1. The third kappa shape index (κ3) is 3.30. The van der Waals surface area contributed by atoms with Gasteiger partial charge in [0.2, 0.25) is 0 Å². The molecule has 0 saturated carbocycles. The van der Waals surface area contributed by atoms with Crippen molar-refractivity contribution in [2.75, 3.05) is 25.7 Å². The van der Waals surface area contributed by atoms with Crippen LogP contribution in [0, 0.1) is 6.92 Å². The molecule has 1 N–H and O–H groups in total. The summed E-state index contributed by atoms with van der Waals surface area (Å²) in [4.78, 5) is 12.6. The Morgan fingerprint density at radius 2 is 1.77 bits per heavy atom. The molecule has 5 rings (SSSR count). The zero-order chi connectivity index (χ0) is 21.5. The Bertz CT molecular complexity index is 1260. The lowest BCUT2D eigenvalue weighted by atomic mass is 9.94. The number of aliphatic hydroxyl groups is 1. The molecule has 7 heteroatoms. The smallest absolute Gasteiger partial charge is 0.142 e. The molecule has 0 saturated heterocycles. The van der Waals surface area contributed by atoms with Gasteiger partial charge in [-0.3, -0.25) is 0 Å². The summed E-state index contributed by atoms with van der Waals surface area (Å²) < 4.78 is 11.1. The Balaban J connectivity index is 1.68. The minimum atomic E-state index is -0.724. The molecule has 158 valence electrons. The number of nitrogens with zero attached hydrogens (tertiary/aromatic N) is 3. The van der Waals surface area contributed by atoms with Crippen molar-refractivity contribution < 1.29 is 14.6 Å². The van der Waals surface area contributed by atoms with Gasteiger partial charge in [0.15, 0.2) is 0 Å². The number of rotatable bonds is 4. The minimum absolute atomic E-state index is 0.409. The minimum Gasteiger partial charge on any atom is -0.496 e. The average molecular weight is 434 g/mol. The molecule has 3 heterocycles. The average Bonchev–Trinajstić information content (AvgIpc) is 3.22. The normalized spacial score (nSPS) is 15.7. The SMILES string of the molecule is COc1ccc(OC)c2c1CN(c1nc(C)nc3scc(-c4ccccc4)c13)C[C@@H]2O. The summed E-state index contributed by atoms with van der Waals surface area (Å²) in [5, 5.41) is 14.2. The maximum Gasteiger partial charge on any atom is 0.142 e. The van der Waals surface area contributed by atoms with Gasteiger partial charge in [-0.05, 0) is 24.6 Å². The zero-order valence-corrected chi connectivity index (χ0v) is 18.4. The highest BCUT2D eigenvalue weighted by molar-refractivity contribution is 7.17. The van der Waals surface area contributed by atoms with Crippen LogP contribution in [0.4, 0.5) is 5.82 Å². The van der Waals surface area contributed by atoms with Gasteiger partial charge in [-0.1, -0.05) is 30.3 Å². The second-order valence-corrected chi connectivity index (χ2v) is 8.41. The van der Waals surface area contributed by atoms with Crippen molar-refractivity contribution in [1.29, 1.82) is 0 Å². The first-order chi connectivity index (χ1) is 15.1. The van der Waals surface area contributed by atoms with E-state index in [-0.39, 0.29) is 0 Å². The molecule has 0 aliphatic carbocycles. The molecule has 4 aromatic rings. The predicted molar refractivity (Wildman–Crippen MR) is 123 cm³/mol. The van der Waals surface area contributed by atoms with Crippen LogP contribution in [0.15, 0.2) is 47.8 Å². The van der Waals surface area contributed by atoms with E-state index < -0.39 is 6.10 Å². The molecule has 2 aromatic heterocycles. The van der Waals surface area contributed by atoms with E-state index >= 15 is 0 Å². The summed E-state index contributed by atoms with van der Waals surface area (Å²) in [5.41, 5.74) is 3.93. The van der Waals surface area contributed by atoms with Gasteiger partial charge in [-0.25, -0.2) is 9.97 Å². The topological polar surface area (TPSA) is 67.7 Å². The third-order valence-corrected chi connectivity index (χ3v) is 6.57. The summed E-state index contributed by atoms with van der Waals surface area (Å²) in [7, 11) is 3.27. The van der Waals surface area contributed by atoms with Gasteiger partial charge in [-0.2, -0.15) is 0 Å². The number of aromatic nitrogens is 2. The maximum absolute atomic E-state index is 11.1. The van der Waals surface area contributed by atoms with E-state index in [1.165, 1.54) is 0 Å². The van der Waals surface area contributed by atoms with Crippen molar-refractivity contribution in [2.45, 2.75) is 19.6 Å². The number of methoxy groups -OCH3 is 2. The van der Waals surface area contributed by atoms with E-state index in [4.69, 9.17) is 14.5 Å². The molecule has 6 nitrogen and oxygen atoms in total. The van der Waals surface area contributed by atoms with E-state index in [0.29, 0.717) is 24.7 Å². The van der Waals surface area contributed by atoms with E-state index in [1.54, 1.807) is 25.6 Å². The van der Waals surface area contributed by atoms with E-state index in [0.717, 1.165) is 44.0 Å². The van der Waals surface area contributed by atoms with Crippen LogP contribution in [0.2, 0.25) is 0 Å². The number of thiophene rings is 1. The summed E-state index contributed by atoms with van der Waals surface area (Å²) in [6.07, 6.45) is -0.724. The van der Waals surface area contributed by atoms with Crippen LogP contribution < -0.4 is 14.4 Å². The number of hydrogen-bond acceptors (Lipinski definition) is 7. The number of fused-ring (bicyclic) bond motifs is 2. The van der Waals surface area contributed by atoms with Gasteiger partial charge in [0, 0.05) is 28.6 Å². The fourth-order valence-electron chi connectivity index (χ4n) is 4.32. The van der Waals surface area contributed by atoms with Crippen LogP contribution in [0.5, 0.6) is 11.5 Å². The van der Waals surface area contributed by atoms with Crippen molar-refractivity contribution in [3.05, 3.63) is 64.8 Å². The second kappa shape index (κ2) is 7.83. The van der Waals surface area contributed by atoms with Crippen molar-refractivity contribution >= 4 is 27.4 Å². The molecule has 2 aromatic carbocycles. The molecule has 1 aliphatic rings. The lowest BCUT2D eigenvalue weighted by Crippen LogP contribution is -2.35.